The van der Waals surface area contributed by atoms with Gasteiger partial charge < -0.3 is 0 Å². The molecule has 0 aliphatic carbocycles. The third-order valence-electron chi connectivity index (χ3n) is 0.891. The summed E-state index contributed by atoms with van der Waals surface area (Å²) < 4.78 is 0. The second-order valence-electron chi connectivity index (χ2n) is 1.47. The maximum atomic E-state index is 3.63. The molecule has 0 spiro atoms. The Kier molecular flexibility index (Phi) is 2.41. The van der Waals surface area contributed by atoms with Crippen LogP contribution >= 0.6 is 0 Å². The van der Waals surface area contributed by atoms with E-state index in [9.17, 15) is 0 Å². The number of nitrogens with one attached hydrogen (secondary N) is 2. The van der Waals surface area contributed by atoms with Crippen molar-refractivity contribution in [3.63, 3.8) is 0 Å². The molecule has 2 aromatic heterocycles. The number of aromatic amines is 2. The average molecular weight is 246 g/mol. The van der Waals surface area contributed by atoms with Gasteiger partial charge in [-0.1, -0.05) is 0 Å². The third kappa shape index (κ3) is 1.48. The predicted octanol–water partition coefficient (Wildman–Crippen LogP) is -1.62. The SMILES string of the molecule is [Ag+].n1nc(-c2nn[nH]n2)n[nH]1. The van der Waals surface area contributed by atoms with Gasteiger partial charge in [0, 0.05) is 0 Å². The van der Waals surface area contributed by atoms with Crippen molar-refractivity contribution in [2.75, 3.05) is 0 Å². The fourth-order valence-electron chi connectivity index (χ4n) is 0.513. The molecule has 0 amide bonds. The van der Waals surface area contributed by atoms with Crippen LogP contribution in [0.15, 0.2) is 0 Å². The van der Waals surface area contributed by atoms with Gasteiger partial charge in [0.25, 0.3) is 0 Å². The second-order valence-corrected chi connectivity index (χ2v) is 1.47. The van der Waals surface area contributed by atoms with Crippen molar-refractivity contribution >= 4 is 0 Å². The number of rotatable bonds is 1. The summed E-state index contributed by atoms with van der Waals surface area (Å²) in [7, 11) is 0. The number of aromatic nitrogens is 8. The van der Waals surface area contributed by atoms with Crippen molar-refractivity contribution in [3.05, 3.63) is 0 Å². The van der Waals surface area contributed by atoms with Crippen molar-refractivity contribution in [1.82, 2.24) is 41.2 Å². The van der Waals surface area contributed by atoms with Crippen LogP contribution in [-0.2, 0) is 22.4 Å². The Morgan fingerprint density at radius 1 is 0.818 bits per heavy atom. The van der Waals surface area contributed by atoms with Crippen molar-refractivity contribution in [2.45, 2.75) is 0 Å². The first-order valence-corrected chi connectivity index (χ1v) is 2.44. The van der Waals surface area contributed by atoms with E-state index in [1.165, 1.54) is 0 Å². The first-order valence-electron chi connectivity index (χ1n) is 2.44. The van der Waals surface area contributed by atoms with Crippen LogP contribution in [-0.4, -0.2) is 41.2 Å². The zero-order chi connectivity index (χ0) is 6.81. The maximum Gasteiger partial charge on any atom is 1.00 e. The molecule has 0 aliphatic rings. The molecule has 60 valence electrons. The molecular weight excluding hydrogens is 244 g/mol. The molecule has 0 atom stereocenters. The van der Waals surface area contributed by atoms with E-state index in [2.05, 4.69) is 41.2 Å². The normalized spacial score (nSPS) is 9.09. The second kappa shape index (κ2) is 3.32. The van der Waals surface area contributed by atoms with Crippen LogP contribution < -0.4 is 0 Å². The maximum absolute atomic E-state index is 3.63. The van der Waals surface area contributed by atoms with Crippen molar-refractivity contribution in [2.24, 2.45) is 0 Å². The van der Waals surface area contributed by atoms with Crippen LogP contribution in [0.25, 0.3) is 11.6 Å². The minimum absolute atomic E-state index is 0. The van der Waals surface area contributed by atoms with Gasteiger partial charge in [0.2, 0.25) is 11.6 Å². The van der Waals surface area contributed by atoms with E-state index in [0.717, 1.165) is 0 Å². The molecule has 0 saturated carbocycles. The van der Waals surface area contributed by atoms with Crippen molar-refractivity contribution < 1.29 is 22.4 Å². The molecule has 0 fully saturated rings. The molecule has 9 heteroatoms. The van der Waals surface area contributed by atoms with Crippen LogP contribution in [0.5, 0.6) is 0 Å². The van der Waals surface area contributed by atoms with E-state index >= 15 is 0 Å². The fraction of sp³-hybridized carbons (Fsp3) is 0. The van der Waals surface area contributed by atoms with E-state index in [-0.39, 0.29) is 22.4 Å². The summed E-state index contributed by atoms with van der Waals surface area (Å²) in [5, 5.41) is 25.7. The summed E-state index contributed by atoms with van der Waals surface area (Å²) in [6.45, 7) is 0. The van der Waals surface area contributed by atoms with Gasteiger partial charge in [-0.25, -0.2) is 0 Å². The van der Waals surface area contributed by atoms with Gasteiger partial charge in [0.1, 0.15) is 0 Å². The van der Waals surface area contributed by atoms with Gasteiger partial charge in [-0.3, -0.25) is 0 Å². The van der Waals surface area contributed by atoms with Gasteiger partial charge >= 0.3 is 22.4 Å². The molecular formula is C2H2AgN8+. The Morgan fingerprint density at radius 2 is 1.27 bits per heavy atom. The topological polar surface area (TPSA) is 109 Å². The number of hydrogen-bond acceptors (Lipinski definition) is 6. The molecule has 2 aromatic rings. The molecule has 0 aliphatic heterocycles. The van der Waals surface area contributed by atoms with Crippen LogP contribution in [0.1, 0.15) is 0 Å². The Morgan fingerprint density at radius 3 is 1.55 bits per heavy atom. The Bertz CT molecular complexity index is 252. The van der Waals surface area contributed by atoms with Gasteiger partial charge in [-0.2, -0.15) is 10.4 Å². The van der Waals surface area contributed by atoms with E-state index < -0.39 is 0 Å². The Hall–Kier alpha value is -1.12. The van der Waals surface area contributed by atoms with Crippen molar-refractivity contribution in [3.8, 4) is 11.6 Å². The number of nitrogens with zero attached hydrogens (tertiary/aromatic N) is 6. The number of hydrogen-bond donors (Lipinski definition) is 2. The zero-order valence-electron chi connectivity index (χ0n) is 4.98. The largest absolute Gasteiger partial charge is 1.00 e. The summed E-state index contributed by atoms with van der Waals surface area (Å²) >= 11 is 0. The summed E-state index contributed by atoms with van der Waals surface area (Å²) in [5.41, 5.74) is 0. The first-order chi connectivity index (χ1) is 4.97. The minimum atomic E-state index is 0. The van der Waals surface area contributed by atoms with Gasteiger partial charge in [0.05, 0.1) is 0 Å². The van der Waals surface area contributed by atoms with Gasteiger partial charge in [-0.05, 0) is 10.4 Å². The molecule has 0 unspecified atom stereocenters. The molecule has 11 heavy (non-hydrogen) atoms. The Labute approximate surface area is 75.7 Å². The number of tetrazole rings is 2. The van der Waals surface area contributed by atoms with E-state index in [4.69, 9.17) is 0 Å². The summed E-state index contributed by atoms with van der Waals surface area (Å²) in [4.78, 5) is 0. The van der Waals surface area contributed by atoms with Crippen LogP contribution in [0.2, 0.25) is 0 Å². The zero-order valence-corrected chi connectivity index (χ0v) is 6.47. The van der Waals surface area contributed by atoms with Crippen LogP contribution in [0, 0.1) is 0 Å². The summed E-state index contributed by atoms with van der Waals surface area (Å²) in [6, 6.07) is 0. The number of H-pyrrole nitrogens is 2. The molecule has 0 radical (unpaired) electrons. The molecule has 2 rings (SSSR count). The molecule has 0 saturated heterocycles. The van der Waals surface area contributed by atoms with Crippen LogP contribution in [0.4, 0.5) is 0 Å². The monoisotopic (exact) mass is 245 g/mol. The van der Waals surface area contributed by atoms with E-state index in [1.807, 2.05) is 0 Å². The summed E-state index contributed by atoms with van der Waals surface area (Å²) in [6.07, 6.45) is 0. The first kappa shape index (κ1) is 7.98. The minimum Gasteiger partial charge on any atom is -0.177 e. The predicted molar refractivity (Wildman–Crippen MR) is 27.3 cm³/mol. The molecule has 0 aromatic carbocycles. The smallest absolute Gasteiger partial charge is 0.177 e. The van der Waals surface area contributed by atoms with Crippen molar-refractivity contribution in [1.29, 1.82) is 0 Å². The Balaban J connectivity index is 0.000000605. The van der Waals surface area contributed by atoms with E-state index in [0.29, 0.717) is 11.6 Å². The third-order valence-corrected chi connectivity index (χ3v) is 0.891. The summed E-state index contributed by atoms with van der Waals surface area (Å²) in [5.74, 6) is 0.655. The van der Waals surface area contributed by atoms with E-state index in [1.54, 1.807) is 0 Å². The van der Waals surface area contributed by atoms with Crippen LogP contribution in [0.3, 0.4) is 0 Å². The average Bonchev–Trinajstić information content (AvgIpc) is 2.59. The van der Waals surface area contributed by atoms with Gasteiger partial charge in [0.15, 0.2) is 0 Å². The standard InChI is InChI=1S/C2H2N8.Ag/c3-1(4-8-7-3)2-5-9-10-6-2;/h(H,3,4,7,8)(H,5,6,9,10);/q;+1. The fourth-order valence-corrected chi connectivity index (χ4v) is 0.513. The molecule has 0 bridgehead atoms. The quantitative estimate of drug-likeness (QED) is 0.585. The molecule has 8 nitrogen and oxygen atoms in total. The molecule has 2 N–H and O–H groups in total. The van der Waals surface area contributed by atoms with Gasteiger partial charge in [-0.15, -0.1) is 20.4 Å². The molecule has 2 heterocycles.